The number of hydrogen-bond acceptors (Lipinski definition) is 3. The minimum absolute atomic E-state index is 0.0406. The van der Waals surface area contributed by atoms with Crippen LogP contribution in [0.5, 0.6) is 0 Å². The number of hydrogen-bond donors (Lipinski definition) is 2. The second kappa shape index (κ2) is 6.90. The summed E-state index contributed by atoms with van der Waals surface area (Å²) in [5.41, 5.74) is 0. The molecule has 2 heterocycles. The van der Waals surface area contributed by atoms with Crippen molar-refractivity contribution in [2.75, 3.05) is 19.8 Å². The van der Waals surface area contributed by atoms with Crippen molar-refractivity contribution in [2.45, 2.75) is 63.5 Å². The fourth-order valence-corrected chi connectivity index (χ4v) is 4.04. The topological polar surface area (TPSA) is 50.4 Å². The fourth-order valence-electron chi connectivity index (χ4n) is 4.04. The molecule has 1 saturated carbocycles. The molecular formula is C16H28N2O2. The summed E-state index contributed by atoms with van der Waals surface area (Å²) in [6, 6.07) is 0.630. The van der Waals surface area contributed by atoms with Gasteiger partial charge in [0, 0.05) is 19.2 Å². The average Bonchev–Trinajstić information content (AvgIpc) is 2.53. The zero-order valence-electron chi connectivity index (χ0n) is 12.4. The van der Waals surface area contributed by atoms with E-state index in [-0.39, 0.29) is 11.9 Å². The molecule has 114 valence electrons. The van der Waals surface area contributed by atoms with Gasteiger partial charge in [-0.2, -0.15) is 0 Å². The van der Waals surface area contributed by atoms with Crippen LogP contribution in [0.4, 0.5) is 0 Å². The van der Waals surface area contributed by atoms with Gasteiger partial charge >= 0.3 is 0 Å². The van der Waals surface area contributed by atoms with E-state index in [4.69, 9.17) is 4.74 Å². The van der Waals surface area contributed by atoms with Gasteiger partial charge in [-0.3, -0.25) is 4.79 Å². The van der Waals surface area contributed by atoms with Crippen LogP contribution in [0.25, 0.3) is 0 Å². The van der Waals surface area contributed by atoms with Crippen LogP contribution < -0.4 is 10.6 Å². The van der Waals surface area contributed by atoms with Gasteiger partial charge in [0.1, 0.15) is 0 Å². The Labute approximate surface area is 122 Å². The Morgan fingerprint density at radius 1 is 1.10 bits per heavy atom. The Balaban J connectivity index is 1.42. The van der Waals surface area contributed by atoms with E-state index in [2.05, 4.69) is 10.6 Å². The van der Waals surface area contributed by atoms with Crippen LogP contribution in [0.1, 0.15) is 51.4 Å². The molecule has 20 heavy (non-hydrogen) atoms. The maximum absolute atomic E-state index is 12.3. The summed E-state index contributed by atoms with van der Waals surface area (Å²) in [6.07, 6.45) is 9.85. The lowest BCUT2D eigenvalue weighted by atomic mass is 9.77. The molecule has 4 atom stereocenters. The molecule has 4 heteroatoms. The van der Waals surface area contributed by atoms with Crippen molar-refractivity contribution >= 4 is 5.91 Å². The molecule has 3 aliphatic rings. The highest BCUT2D eigenvalue weighted by Crippen LogP contribution is 2.32. The first-order valence-electron chi connectivity index (χ1n) is 8.44. The van der Waals surface area contributed by atoms with Gasteiger partial charge in [-0.1, -0.05) is 12.8 Å². The monoisotopic (exact) mass is 280 g/mol. The standard InChI is InChI=1S/C16H28N2O2/c19-16(17-10-12-4-3-9-20-11-12)15-8-7-13-5-1-2-6-14(13)18-15/h12-15,18H,1-11H2,(H,17,19). The number of nitrogens with one attached hydrogen (secondary N) is 2. The summed E-state index contributed by atoms with van der Waals surface area (Å²) in [7, 11) is 0. The highest BCUT2D eigenvalue weighted by Gasteiger charge is 2.34. The maximum atomic E-state index is 12.3. The molecule has 0 aromatic carbocycles. The second-order valence-corrected chi connectivity index (χ2v) is 6.78. The third-order valence-corrected chi connectivity index (χ3v) is 5.29. The van der Waals surface area contributed by atoms with E-state index in [1.54, 1.807) is 0 Å². The number of rotatable bonds is 3. The van der Waals surface area contributed by atoms with Crippen molar-refractivity contribution in [3.05, 3.63) is 0 Å². The Hall–Kier alpha value is -0.610. The van der Waals surface area contributed by atoms with Gasteiger partial charge in [-0.05, 0) is 50.4 Å². The van der Waals surface area contributed by atoms with Crippen molar-refractivity contribution < 1.29 is 9.53 Å². The molecule has 3 fully saturated rings. The molecule has 2 N–H and O–H groups in total. The van der Waals surface area contributed by atoms with Crippen LogP contribution in [0.15, 0.2) is 0 Å². The largest absolute Gasteiger partial charge is 0.381 e. The van der Waals surface area contributed by atoms with Crippen LogP contribution >= 0.6 is 0 Å². The minimum atomic E-state index is 0.0406. The van der Waals surface area contributed by atoms with E-state index in [1.807, 2.05) is 0 Å². The lowest BCUT2D eigenvalue weighted by Crippen LogP contribution is -2.55. The van der Waals surface area contributed by atoms with Gasteiger partial charge in [-0.25, -0.2) is 0 Å². The first-order chi connectivity index (χ1) is 9.83. The summed E-state index contributed by atoms with van der Waals surface area (Å²) < 4.78 is 5.46. The molecule has 0 aromatic rings. The first-order valence-corrected chi connectivity index (χ1v) is 8.44. The molecule has 0 aromatic heterocycles. The number of carbonyl (C=O) groups is 1. The fraction of sp³-hybridized carbons (Fsp3) is 0.938. The lowest BCUT2D eigenvalue weighted by Gasteiger charge is -2.40. The number of piperidine rings is 1. The zero-order valence-corrected chi connectivity index (χ0v) is 12.4. The molecule has 0 bridgehead atoms. The van der Waals surface area contributed by atoms with E-state index >= 15 is 0 Å². The zero-order chi connectivity index (χ0) is 13.8. The summed E-state index contributed by atoms with van der Waals surface area (Å²) in [5.74, 6) is 1.54. The van der Waals surface area contributed by atoms with Crippen LogP contribution in [-0.2, 0) is 9.53 Å². The molecular weight excluding hydrogens is 252 g/mol. The van der Waals surface area contributed by atoms with E-state index in [0.29, 0.717) is 12.0 Å². The van der Waals surface area contributed by atoms with E-state index in [1.165, 1.54) is 38.5 Å². The Bertz CT molecular complexity index is 328. The number of carbonyl (C=O) groups excluding carboxylic acids is 1. The van der Waals surface area contributed by atoms with Gasteiger partial charge in [0.25, 0.3) is 0 Å². The lowest BCUT2D eigenvalue weighted by molar-refractivity contribution is -0.124. The maximum Gasteiger partial charge on any atom is 0.237 e. The molecule has 0 radical (unpaired) electrons. The van der Waals surface area contributed by atoms with Gasteiger partial charge in [0.2, 0.25) is 5.91 Å². The summed E-state index contributed by atoms with van der Waals surface area (Å²) >= 11 is 0. The minimum Gasteiger partial charge on any atom is -0.381 e. The molecule has 3 rings (SSSR count). The molecule has 1 amide bonds. The van der Waals surface area contributed by atoms with Gasteiger partial charge < -0.3 is 15.4 Å². The molecule has 0 spiro atoms. The van der Waals surface area contributed by atoms with Crippen molar-refractivity contribution in [1.29, 1.82) is 0 Å². The first kappa shape index (κ1) is 14.3. The van der Waals surface area contributed by atoms with Gasteiger partial charge in [0.05, 0.1) is 12.6 Å². The highest BCUT2D eigenvalue weighted by atomic mass is 16.5. The molecule has 1 aliphatic carbocycles. The predicted molar refractivity (Wildman–Crippen MR) is 78.5 cm³/mol. The van der Waals surface area contributed by atoms with Crippen molar-refractivity contribution in [2.24, 2.45) is 11.8 Å². The summed E-state index contributed by atoms with van der Waals surface area (Å²) in [6.45, 7) is 2.48. The van der Waals surface area contributed by atoms with E-state index in [0.717, 1.165) is 38.5 Å². The third kappa shape index (κ3) is 3.53. The quantitative estimate of drug-likeness (QED) is 0.829. The van der Waals surface area contributed by atoms with Crippen molar-refractivity contribution in [1.82, 2.24) is 10.6 Å². The number of fused-ring (bicyclic) bond motifs is 1. The Morgan fingerprint density at radius 3 is 2.85 bits per heavy atom. The SMILES string of the molecule is O=C(NCC1CCCOC1)C1CCC2CCCCC2N1. The molecule has 2 saturated heterocycles. The van der Waals surface area contributed by atoms with E-state index in [9.17, 15) is 4.79 Å². The van der Waals surface area contributed by atoms with Crippen LogP contribution in [0.3, 0.4) is 0 Å². The van der Waals surface area contributed by atoms with Crippen LogP contribution in [-0.4, -0.2) is 37.7 Å². The average molecular weight is 280 g/mol. The van der Waals surface area contributed by atoms with Gasteiger partial charge in [-0.15, -0.1) is 0 Å². The highest BCUT2D eigenvalue weighted by molar-refractivity contribution is 5.81. The van der Waals surface area contributed by atoms with Crippen molar-refractivity contribution in [3.8, 4) is 0 Å². The van der Waals surface area contributed by atoms with Crippen LogP contribution in [0.2, 0.25) is 0 Å². The Kier molecular flexibility index (Phi) is 4.94. The smallest absolute Gasteiger partial charge is 0.237 e. The molecule has 2 aliphatic heterocycles. The van der Waals surface area contributed by atoms with Crippen molar-refractivity contribution in [3.63, 3.8) is 0 Å². The number of ether oxygens (including phenoxy) is 1. The predicted octanol–water partition coefficient (Wildman–Crippen LogP) is 1.84. The van der Waals surface area contributed by atoms with Gasteiger partial charge in [0.15, 0.2) is 0 Å². The molecule has 4 unspecified atom stereocenters. The van der Waals surface area contributed by atoms with E-state index < -0.39 is 0 Å². The normalized spacial score (nSPS) is 38.0. The summed E-state index contributed by atoms with van der Waals surface area (Å²) in [5, 5.41) is 6.74. The second-order valence-electron chi connectivity index (χ2n) is 6.78. The number of amides is 1. The molecule has 4 nitrogen and oxygen atoms in total. The summed E-state index contributed by atoms with van der Waals surface area (Å²) in [4.78, 5) is 12.3. The van der Waals surface area contributed by atoms with Crippen LogP contribution in [0, 0.1) is 11.8 Å². The Morgan fingerprint density at radius 2 is 2.00 bits per heavy atom. The third-order valence-electron chi connectivity index (χ3n) is 5.29.